The summed E-state index contributed by atoms with van der Waals surface area (Å²) in [6.45, 7) is 5.26. The predicted molar refractivity (Wildman–Crippen MR) is 84.7 cm³/mol. The monoisotopic (exact) mass is 289 g/mol. The zero-order valence-corrected chi connectivity index (χ0v) is 12.7. The van der Waals surface area contributed by atoms with Gasteiger partial charge in [-0.1, -0.05) is 42.8 Å². The van der Waals surface area contributed by atoms with Gasteiger partial charge in [0.15, 0.2) is 0 Å². The number of para-hydroxylation sites is 1. The molecule has 0 fully saturated rings. The van der Waals surface area contributed by atoms with Gasteiger partial charge in [-0.05, 0) is 49.7 Å². The lowest BCUT2D eigenvalue weighted by Crippen LogP contribution is -2.19. The molecule has 2 rings (SSSR count). The van der Waals surface area contributed by atoms with Crippen molar-refractivity contribution in [3.05, 3.63) is 59.1 Å². The van der Waals surface area contributed by atoms with E-state index < -0.39 is 0 Å². The molecular weight excluding hydrogens is 270 g/mol. The van der Waals surface area contributed by atoms with Gasteiger partial charge >= 0.3 is 0 Å². The molecule has 0 heterocycles. The fourth-order valence-corrected chi connectivity index (χ4v) is 2.35. The average molecular weight is 290 g/mol. The van der Waals surface area contributed by atoms with Crippen LogP contribution in [0, 0.1) is 0 Å². The summed E-state index contributed by atoms with van der Waals surface area (Å²) in [6, 6.07) is 15.8. The molecule has 0 aliphatic carbocycles. The van der Waals surface area contributed by atoms with Gasteiger partial charge in [-0.3, -0.25) is 0 Å². The third kappa shape index (κ3) is 3.99. The van der Waals surface area contributed by atoms with E-state index in [4.69, 9.17) is 16.3 Å². The molecule has 20 heavy (non-hydrogen) atoms. The Balaban J connectivity index is 2.09. The second-order valence-electron chi connectivity index (χ2n) is 4.77. The third-order valence-electron chi connectivity index (χ3n) is 3.12. The number of rotatable bonds is 6. The molecule has 0 aliphatic rings. The van der Waals surface area contributed by atoms with E-state index in [-0.39, 0.29) is 6.04 Å². The highest BCUT2D eigenvalue weighted by Gasteiger charge is 2.10. The standard InChI is InChI=1S/C17H20ClNO/c1-3-11-19-13(2)16-10-9-15(12-17(16)18)20-14-7-5-4-6-8-14/h4-10,12-13,19H,3,11H2,1-2H3. The van der Waals surface area contributed by atoms with Crippen LogP contribution in [0.5, 0.6) is 11.5 Å². The summed E-state index contributed by atoms with van der Waals surface area (Å²) >= 11 is 6.35. The molecule has 1 atom stereocenters. The number of ether oxygens (including phenoxy) is 1. The number of hydrogen-bond donors (Lipinski definition) is 1. The van der Waals surface area contributed by atoms with Crippen molar-refractivity contribution in [2.24, 2.45) is 0 Å². The minimum absolute atomic E-state index is 0.244. The Labute approximate surface area is 125 Å². The average Bonchev–Trinajstić information content (AvgIpc) is 2.46. The van der Waals surface area contributed by atoms with Crippen molar-refractivity contribution in [1.82, 2.24) is 5.32 Å². The first-order valence-electron chi connectivity index (χ1n) is 6.96. The summed E-state index contributed by atoms with van der Waals surface area (Å²) in [5.74, 6) is 1.57. The van der Waals surface area contributed by atoms with E-state index in [1.165, 1.54) is 0 Å². The van der Waals surface area contributed by atoms with Gasteiger partial charge in [0.1, 0.15) is 11.5 Å². The first kappa shape index (κ1) is 14.9. The SMILES string of the molecule is CCCNC(C)c1ccc(Oc2ccccc2)cc1Cl. The highest BCUT2D eigenvalue weighted by molar-refractivity contribution is 6.31. The van der Waals surface area contributed by atoms with Crippen LogP contribution in [-0.4, -0.2) is 6.54 Å². The Morgan fingerprint density at radius 2 is 1.85 bits per heavy atom. The third-order valence-corrected chi connectivity index (χ3v) is 3.45. The van der Waals surface area contributed by atoms with Crippen molar-refractivity contribution in [2.75, 3.05) is 6.54 Å². The molecule has 1 unspecified atom stereocenters. The molecule has 106 valence electrons. The second kappa shape index (κ2) is 7.32. The topological polar surface area (TPSA) is 21.3 Å². The van der Waals surface area contributed by atoms with E-state index in [1.807, 2.05) is 48.5 Å². The smallest absolute Gasteiger partial charge is 0.128 e. The quantitative estimate of drug-likeness (QED) is 0.790. The van der Waals surface area contributed by atoms with Crippen molar-refractivity contribution < 1.29 is 4.74 Å². The Kier molecular flexibility index (Phi) is 5.45. The van der Waals surface area contributed by atoms with Crippen molar-refractivity contribution in [3.8, 4) is 11.5 Å². The van der Waals surface area contributed by atoms with E-state index in [1.54, 1.807) is 0 Å². The van der Waals surface area contributed by atoms with E-state index >= 15 is 0 Å². The number of nitrogens with one attached hydrogen (secondary N) is 1. The first-order chi connectivity index (χ1) is 9.70. The summed E-state index contributed by atoms with van der Waals surface area (Å²) in [5.41, 5.74) is 1.10. The van der Waals surface area contributed by atoms with Crippen molar-refractivity contribution in [3.63, 3.8) is 0 Å². The Hall–Kier alpha value is -1.51. The molecule has 0 aromatic heterocycles. The highest BCUT2D eigenvalue weighted by Crippen LogP contribution is 2.29. The van der Waals surface area contributed by atoms with E-state index in [0.717, 1.165) is 35.1 Å². The van der Waals surface area contributed by atoms with Crippen LogP contribution in [0.25, 0.3) is 0 Å². The van der Waals surface area contributed by atoms with Crippen LogP contribution in [0.3, 0.4) is 0 Å². The van der Waals surface area contributed by atoms with Crippen LogP contribution in [0.2, 0.25) is 5.02 Å². The molecule has 3 heteroatoms. The van der Waals surface area contributed by atoms with Gasteiger partial charge in [0.05, 0.1) is 0 Å². The summed E-state index contributed by atoms with van der Waals surface area (Å²) in [4.78, 5) is 0. The van der Waals surface area contributed by atoms with Gasteiger partial charge in [-0.25, -0.2) is 0 Å². The van der Waals surface area contributed by atoms with Crippen LogP contribution in [-0.2, 0) is 0 Å². The van der Waals surface area contributed by atoms with E-state index in [2.05, 4.69) is 19.2 Å². The molecule has 0 radical (unpaired) electrons. The Morgan fingerprint density at radius 3 is 2.50 bits per heavy atom. The molecule has 0 saturated heterocycles. The molecule has 1 N–H and O–H groups in total. The number of benzene rings is 2. The van der Waals surface area contributed by atoms with Crippen molar-refractivity contribution in [2.45, 2.75) is 26.3 Å². The Bertz CT molecular complexity index is 542. The maximum Gasteiger partial charge on any atom is 0.128 e. The van der Waals surface area contributed by atoms with Crippen LogP contribution < -0.4 is 10.1 Å². The summed E-state index contributed by atoms with van der Waals surface area (Å²) in [7, 11) is 0. The predicted octanol–water partition coefficient (Wildman–Crippen LogP) is 5.19. The van der Waals surface area contributed by atoms with Gasteiger partial charge < -0.3 is 10.1 Å². The van der Waals surface area contributed by atoms with Crippen LogP contribution in [0.4, 0.5) is 0 Å². The molecule has 0 bridgehead atoms. The van der Waals surface area contributed by atoms with Gasteiger partial charge in [0.2, 0.25) is 0 Å². The van der Waals surface area contributed by atoms with Crippen molar-refractivity contribution in [1.29, 1.82) is 0 Å². The molecule has 2 nitrogen and oxygen atoms in total. The summed E-state index contributed by atoms with van der Waals surface area (Å²) in [6.07, 6.45) is 1.11. The van der Waals surface area contributed by atoms with E-state index in [0.29, 0.717) is 0 Å². The van der Waals surface area contributed by atoms with Gasteiger partial charge in [-0.15, -0.1) is 0 Å². The molecule has 0 amide bonds. The lowest BCUT2D eigenvalue weighted by Gasteiger charge is -2.16. The summed E-state index contributed by atoms with van der Waals surface area (Å²) < 4.78 is 5.77. The molecule has 2 aromatic rings. The maximum absolute atomic E-state index is 6.35. The minimum Gasteiger partial charge on any atom is -0.457 e. The van der Waals surface area contributed by atoms with Crippen LogP contribution in [0.1, 0.15) is 31.9 Å². The van der Waals surface area contributed by atoms with Crippen molar-refractivity contribution >= 4 is 11.6 Å². The normalized spacial score (nSPS) is 12.2. The van der Waals surface area contributed by atoms with Gasteiger partial charge in [0, 0.05) is 11.1 Å². The lowest BCUT2D eigenvalue weighted by molar-refractivity contribution is 0.482. The summed E-state index contributed by atoms with van der Waals surface area (Å²) in [5, 5.41) is 4.16. The van der Waals surface area contributed by atoms with Crippen LogP contribution >= 0.6 is 11.6 Å². The number of halogens is 1. The lowest BCUT2D eigenvalue weighted by atomic mass is 10.1. The van der Waals surface area contributed by atoms with Gasteiger partial charge in [0.25, 0.3) is 0 Å². The first-order valence-corrected chi connectivity index (χ1v) is 7.34. The fourth-order valence-electron chi connectivity index (χ4n) is 2.02. The Morgan fingerprint density at radius 1 is 1.10 bits per heavy atom. The molecule has 0 saturated carbocycles. The molecule has 0 spiro atoms. The molecule has 0 aliphatic heterocycles. The van der Waals surface area contributed by atoms with Crippen LogP contribution in [0.15, 0.2) is 48.5 Å². The maximum atomic E-state index is 6.35. The second-order valence-corrected chi connectivity index (χ2v) is 5.18. The number of hydrogen-bond acceptors (Lipinski definition) is 2. The zero-order chi connectivity index (χ0) is 14.4. The fraction of sp³-hybridized carbons (Fsp3) is 0.294. The zero-order valence-electron chi connectivity index (χ0n) is 11.9. The minimum atomic E-state index is 0.244. The van der Waals surface area contributed by atoms with Gasteiger partial charge in [-0.2, -0.15) is 0 Å². The van der Waals surface area contributed by atoms with E-state index in [9.17, 15) is 0 Å². The largest absolute Gasteiger partial charge is 0.457 e. The molecule has 2 aromatic carbocycles. The highest BCUT2D eigenvalue weighted by atomic mass is 35.5. The molecular formula is C17H20ClNO.